The van der Waals surface area contributed by atoms with E-state index in [2.05, 4.69) is 6.58 Å². The molecule has 0 rings (SSSR count). The molecule has 0 spiro atoms. The van der Waals surface area contributed by atoms with Crippen LogP contribution in [0.25, 0.3) is 0 Å². The molecule has 0 saturated carbocycles. The third-order valence-corrected chi connectivity index (χ3v) is 0.111. The summed E-state index contributed by atoms with van der Waals surface area (Å²) >= 11 is 0. The molecule has 0 atom stereocenters. The molecule has 0 aliphatic carbocycles. The van der Waals surface area contributed by atoms with Crippen LogP contribution in [0.3, 0.4) is 0 Å². The second-order valence-electron chi connectivity index (χ2n) is 0.507. The maximum absolute atomic E-state index is 10.8. The number of rotatable bonds is 1. The van der Waals surface area contributed by atoms with Gasteiger partial charge in [-0.15, -0.1) is 0 Å². The minimum absolute atomic E-state index is 0.917. The van der Waals surface area contributed by atoms with E-state index in [0.717, 1.165) is 6.29 Å². The zero-order chi connectivity index (χ0) is 4.28. The van der Waals surface area contributed by atoms with Crippen molar-refractivity contribution in [3.8, 4) is 0 Å². The number of halogens is 1. The Kier molecular flexibility index (Phi) is 1.42. The topological polar surface area (TPSA) is 17.1 Å². The lowest BCUT2D eigenvalue weighted by atomic mass is 10.7. The highest BCUT2D eigenvalue weighted by Gasteiger charge is 1.76. The molecule has 0 amide bonds. The van der Waals surface area contributed by atoms with E-state index < -0.39 is 5.83 Å². The Morgan fingerprint density at radius 2 is 2.20 bits per heavy atom. The van der Waals surface area contributed by atoms with Crippen LogP contribution in [0.1, 0.15) is 0 Å². The lowest BCUT2D eigenvalue weighted by Crippen LogP contribution is -1.61. The molecule has 0 aromatic heterocycles. The summed E-state index contributed by atoms with van der Waals surface area (Å²) < 4.78 is 10.8. The fourth-order valence-electron chi connectivity index (χ4n) is 0. The predicted molar refractivity (Wildman–Crippen MR) is 15.9 cm³/mol. The maximum atomic E-state index is 10.8. The monoisotopic (exact) mass is 73.0 g/mol. The molecule has 0 fully saturated rings. The standard InChI is InChI=1S/C3H2FO/c1-3(4)2-5/h1H2. The van der Waals surface area contributed by atoms with Crippen molar-refractivity contribution in [2.24, 2.45) is 0 Å². The van der Waals surface area contributed by atoms with Crippen LogP contribution < -0.4 is 0 Å². The van der Waals surface area contributed by atoms with Crippen LogP contribution >= 0.6 is 0 Å². The van der Waals surface area contributed by atoms with Crippen LogP contribution in [0.4, 0.5) is 4.39 Å². The maximum Gasteiger partial charge on any atom is 0.263 e. The summed E-state index contributed by atoms with van der Waals surface area (Å²) in [5.41, 5.74) is 0. The number of carbonyl (C=O) groups excluding carboxylic acids is 1. The van der Waals surface area contributed by atoms with Gasteiger partial charge >= 0.3 is 0 Å². The molecule has 0 aliphatic rings. The van der Waals surface area contributed by atoms with Gasteiger partial charge in [-0.05, 0) is 0 Å². The lowest BCUT2D eigenvalue weighted by molar-refractivity contribution is 0.543. The summed E-state index contributed by atoms with van der Waals surface area (Å²) in [5.74, 6) is -1.05. The molecule has 5 heavy (non-hydrogen) atoms. The highest BCUT2D eigenvalue weighted by atomic mass is 19.1. The van der Waals surface area contributed by atoms with E-state index in [1.54, 1.807) is 0 Å². The Hall–Kier alpha value is -0.660. The van der Waals surface area contributed by atoms with Crippen molar-refractivity contribution in [3.05, 3.63) is 12.4 Å². The summed E-state index contributed by atoms with van der Waals surface area (Å²) in [6, 6.07) is 0. The normalized spacial score (nSPS) is 6.60. The first-order valence-electron chi connectivity index (χ1n) is 0.997. The van der Waals surface area contributed by atoms with E-state index in [1.807, 2.05) is 0 Å². The van der Waals surface area contributed by atoms with E-state index in [0.29, 0.717) is 0 Å². The van der Waals surface area contributed by atoms with Crippen LogP contribution in [-0.4, -0.2) is 6.29 Å². The first-order chi connectivity index (χ1) is 2.27. The SMILES string of the molecule is C=C(F)[C]=O. The Labute approximate surface area is 29.1 Å². The van der Waals surface area contributed by atoms with Gasteiger partial charge in [-0.25, -0.2) is 4.39 Å². The van der Waals surface area contributed by atoms with Gasteiger partial charge in [0.05, 0.1) is 0 Å². The molecule has 1 nitrogen and oxygen atoms in total. The van der Waals surface area contributed by atoms with Crippen molar-refractivity contribution in [2.75, 3.05) is 0 Å². The molecule has 0 N–H and O–H groups in total. The summed E-state index contributed by atoms with van der Waals surface area (Å²) in [4.78, 5) is 8.91. The molecule has 0 saturated heterocycles. The van der Waals surface area contributed by atoms with Crippen molar-refractivity contribution in [1.29, 1.82) is 0 Å². The van der Waals surface area contributed by atoms with Gasteiger partial charge < -0.3 is 0 Å². The quantitative estimate of drug-likeness (QED) is 0.415. The smallest absolute Gasteiger partial charge is 0.263 e. The number of hydrogen-bond donors (Lipinski definition) is 0. The number of hydrogen-bond acceptors (Lipinski definition) is 1. The van der Waals surface area contributed by atoms with Gasteiger partial charge in [0, 0.05) is 0 Å². The third kappa shape index (κ3) is 3.34. The lowest BCUT2D eigenvalue weighted by Gasteiger charge is -1.58. The predicted octanol–water partition coefficient (Wildman–Crippen LogP) is 0.579. The van der Waals surface area contributed by atoms with Crippen molar-refractivity contribution >= 4 is 6.29 Å². The minimum atomic E-state index is -1.05. The third-order valence-electron chi connectivity index (χ3n) is 0.111. The molecule has 0 bridgehead atoms. The first kappa shape index (κ1) is 4.34. The van der Waals surface area contributed by atoms with Crippen LogP contribution in [-0.2, 0) is 4.79 Å². The largest absolute Gasteiger partial charge is 0.282 e. The number of allylic oxidation sites excluding steroid dienone is 1. The van der Waals surface area contributed by atoms with E-state index in [9.17, 15) is 4.39 Å². The van der Waals surface area contributed by atoms with Gasteiger partial charge in [0.2, 0.25) is 0 Å². The van der Waals surface area contributed by atoms with E-state index in [4.69, 9.17) is 4.79 Å². The Bertz CT molecular complexity index is 57.9. The summed E-state index contributed by atoms with van der Waals surface area (Å²) in [5, 5.41) is 0. The average Bonchev–Trinajstić information content (AvgIpc) is 1.38. The molecule has 0 aliphatic heterocycles. The van der Waals surface area contributed by atoms with Crippen molar-refractivity contribution in [3.63, 3.8) is 0 Å². The zero-order valence-electron chi connectivity index (χ0n) is 2.49. The molecular weight excluding hydrogens is 71.0 g/mol. The van der Waals surface area contributed by atoms with Crippen LogP contribution in [0.5, 0.6) is 0 Å². The Morgan fingerprint density at radius 3 is 2.20 bits per heavy atom. The average molecular weight is 73.0 g/mol. The molecule has 1 radical (unpaired) electrons. The summed E-state index contributed by atoms with van der Waals surface area (Å²) in [7, 11) is 0. The van der Waals surface area contributed by atoms with Crippen LogP contribution in [0.2, 0.25) is 0 Å². The van der Waals surface area contributed by atoms with Crippen molar-refractivity contribution in [1.82, 2.24) is 0 Å². The second kappa shape index (κ2) is 1.64. The van der Waals surface area contributed by atoms with Gasteiger partial charge in [-0.3, -0.25) is 4.79 Å². The van der Waals surface area contributed by atoms with Crippen molar-refractivity contribution < 1.29 is 9.18 Å². The van der Waals surface area contributed by atoms with Gasteiger partial charge in [0.15, 0.2) is 5.83 Å². The van der Waals surface area contributed by atoms with E-state index in [1.165, 1.54) is 0 Å². The van der Waals surface area contributed by atoms with Gasteiger partial charge in [-0.2, -0.15) is 0 Å². The zero-order valence-corrected chi connectivity index (χ0v) is 2.49. The molecule has 0 heterocycles. The Balaban J connectivity index is 3.20. The molecule has 0 unspecified atom stereocenters. The van der Waals surface area contributed by atoms with Crippen LogP contribution in [0, 0.1) is 0 Å². The molecule has 0 aromatic rings. The van der Waals surface area contributed by atoms with Crippen molar-refractivity contribution in [2.45, 2.75) is 0 Å². The highest BCUT2D eigenvalue weighted by molar-refractivity contribution is 5.69. The van der Waals surface area contributed by atoms with Gasteiger partial charge in [0.1, 0.15) is 0 Å². The summed E-state index contributed by atoms with van der Waals surface area (Å²) in [6.07, 6.45) is 0.917. The van der Waals surface area contributed by atoms with E-state index >= 15 is 0 Å². The summed E-state index contributed by atoms with van der Waals surface area (Å²) in [6.45, 7) is 2.58. The molecule has 0 aromatic carbocycles. The van der Waals surface area contributed by atoms with Gasteiger partial charge in [-0.1, -0.05) is 6.58 Å². The fourth-order valence-corrected chi connectivity index (χ4v) is 0. The Morgan fingerprint density at radius 1 is 2.00 bits per heavy atom. The minimum Gasteiger partial charge on any atom is -0.282 e. The fraction of sp³-hybridized carbons (Fsp3) is 0. The van der Waals surface area contributed by atoms with Crippen LogP contribution in [0.15, 0.2) is 12.4 Å². The van der Waals surface area contributed by atoms with Gasteiger partial charge in [0.25, 0.3) is 6.29 Å². The second-order valence-corrected chi connectivity index (χ2v) is 0.507. The first-order valence-corrected chi connectivity index (χ1v) is 0.997. The van der Waals surface area contributed by atoms with E-state index in [-0.39, 0.29) is 0 Å². The highest BCUT2D eigenvalue weighted by Crippen LogP contribution is 1.77. The molecule has 27 valence electrons. The molecule has 2 heteroatoms. The molecular formula is C3H2FO.